The zero-order chi connectivity index (χ0) is 11.0. The Labute approximate surface area is 93.5 Å². The molecule has 2 N–H and O–H groups in total. The standard InChI is InChI=1S/C11H13N5/c12-9-2-1-3-14-11(9)16-7-6-15-5-4-13-10(15)8-16/h1-5H,6-8,12H2. The molecule has 0 aliphatic carbocycles. The van der Waals surface area contributed by atoms with Crippen molar-refractivity contribution in [3.8, 4) is 0 Å². The first-order chi connectivity index (χ1) is 7.84. The summed E-state index contributed by atoms with van der Waals surface area (Å²) in [4.78, 5) is 10.8. The lowest BCUT2D eigenvalue weighted by atomic mass is 10.3. The Hall–Kier alpha value is -2.04. The molecule has 0 saturated carbocycles. The fourth-order valence-electron chi connectivity index (χ4n) is 2.03. The van der Waals surface area contributed by atoms with Gasteiger partial charge in [0.1, 0.15) is 5.82 Å². The van der Waals surface area contributed by atoms with E-state index in [0.717, 1.165) is 37.0 Å². The van der Waals surface area contributed by atoms with Crippen LogP contribution in [0.5, 0.6) is 0 Å². The third-order valence-electron chi connectivity index (χ3n) is 2.86. The number of pyridine rings is 1. The highest BCUT2D eigenvalue weighted by Crippen LogP contribution is 2.23. The minimum Gasteiger partial charge on any atom is -0.396 e. The van der Waals surface area contributed by atoms with Gasteiger partial charge >= 0.3 is 0 Å². The van der Waals surface area contributed by atoms with Crippen molar-refractivity contribution in [2.24, 2.45) is 0 Å². The van der Waals surface area contributed by atoms with Crippen LogP contribution in [0, 0.1) is 0 Å². The Balaban J connectivity index is 1.92. The molecule has 5 nitrogen and oxygen atoms in total. The van der Waals surface area contributed by atoms with Gasteiger partial charge in [-0.2, -0.15) is 0 Å². The van der Waals surface area contributed by atoms with E-state index in [4.69, 9.17) is 5.73 Å². The summed E-state index contributed by atoms with van der Waals surface area (Å²) in [5.41, 5.74) is 6.64. The topological polar surface area (TPSA) is 60.0 Å². The normalized spacial score (nSPS) is 14.9. The van der Waals surface area contributed by atoms with Crippen LogP contribution >= 0.6 is 0 Å². The molecule has 0 radical (unpaired) electrons. The second-order valence-electron chi connectivity index (χ2n) is 3.87. The number of nitrogen functional groups attached to an aromatic ring is 1. The van der Waals surface area contributed by atoms with E-state index in [2.05, 4.69) is 19.4 Å². The van der Waals surface area contributed by atoms with Crippen LogP contribution in [0.25, 0.3) is 0 Å². The predicted molar refractivity (Wildman–Crippen MR) is 61.9 cm³/mol. The molecule has 0 saturated heterocycles. The second-order valence-corrected chi connectivity index (χ2v) is 3.87. The van der Waals surface area contributed by atoms with Crippen LogP contribution in [0.4, 0.5) is 11.5 Å². The van der Waals surface area contributed by atoms with Gasteiger partial charge in [-0.05, 0) is 12.1 Å². The zero-order valence-corrected chi connectivity index (χ0v) is 8.87. The van der Waals surface area contributed by atoms with Gasteiger partial charge in [0, 0.05) is 31.7 Å². The maximum absolute atomic E-state index is 5.92. The molecular formula is C11H13N5. The van der Waals surface area contributed by atoms with Gasteiger partial charge in [0.15, 0.2) is 5.82 Å². The highest BCUT2D eigenvalue weighted by molar-refractivity contribution is 5.62. The summed E-state index contributed by atoms with van der Waals surface area (Å²) in [6, 6.07) is 3.73. The molecule has 0 spiro atoms. The maximum atomic E-state index is 5.92. The lowest BCUT2D eigenvalue weighted by molar-refractivity contribution is 0.557. The molecule has 82 valence electrons. The Bertz CT molecular complexity index is 505. The van der Waals surface area contributed by atoms with Crippen molar-refractivity contribution in [1.29, 1.82) is 0 Å². The van der Waals surface area contributed by atoms with Gasteiger partial charge in [0.2, 0.25) is 0 Å². The van der Waals surface area contributed by atoms with Crippen molar-refractivity contribution in [3.05, 3.63) is 36.5 Å². The van der Waals surface area contributed by atoms with Crippen molar-refractivity contribution in [3.63, 3.8) is 0 Å². The second kappa shape index (κ2) is 3.52. The SMILES string of the molecule is Nc1cccnc1N1CCn2ccnc2C1. The smallest absolute Gasteiger partial charge is 0.152 e. The molecule has 5 heteroatoms. The summed E-state index contributed by atoms with van der Waals surface area (Å²) in [6.07, 6.45) is 5.61. The highest BCUT2D eigenvalue weighted by Gasteiger charge is 2.18. The fraction of sp³-hybridized carbons (Fsp3) is 0.273. The number of hydrogen-bond donors (Lipinski definition) is 1. The number of fused-ring (bicyclic) bond motifs is 1. The van der Waals surface area contributed by atoms with Crippen LogP contribution in [0.15, 0.2) is 30.7 Å². The molecule has 1 aliphatic heterocycles. The number of nitrogens with two attached hydrogens (primary N) is 1. The van der Waals surface area contributed by atoms with Gasteiger partial charge in [0.05, 0.1) is 12.2 Å². The first kappa shape index (κ1) is 9.21. The molecule has 2 aromatic heterocycles. The minimum atomic E-state index is 0.725. The molecule has 0 fully saturated rings. The van der Waals surface area contributed by atoms with Crippen LogP contribution in [0.2, 0.25) is 0 Å². The van der Waals surface area contributed by atoms with E-state index in [-0.39, 0.29) is 0 Å². The van der Waals surface area contributed by atoms with Crippen LogP contribution in [-0.2, 0) is 13.1 Å². The summed E-state index contributed by atoms with van der Waals surface area (Å²) >= 11 is 0. The van der Waals surface area contributed by atoms with Gasteiger partial charge < -0.3 is 15.2 Å². The van der Waals surface area contributed by atoms with Crippen molar-refractivity contribution < 1.29 is 0 Å². The summed E-state index contributed by atoms with van der Waals surface area (Å²) in [6.45, 7) is 2.63. The van der Waals surface area contributed by atoms with E-state index < -0.39 is 0 Å². The molecule has 0 aromatic carbocycles. The molecule has 3 heterocycles. The quantitative estimate of drug-likeness (QED) is 0.767. The zero-order valence-electron chi connectivity index (χ0n) is 8.87. The third-order valence-corrected chi connectivity index (χ3v) is 2.86. The fourth-order valence-corrected chi connectivity index (χ4v) is 2.03. The van der Waals surface area contributed by atoms with E-state index in [1.54, 1.807) is 6.20 Å². The van der Waals surface area contributed by atoms with Gasteiger partial charge in [-0.3, -0.25) is 0 Å². The average molecular weight is 215 g/mol. The van der Waals surface area contributed by atoms with E-state index >= 15 is 0 Å². The third kappa shape index (κ3) is 1.41. The lowest BCUT2D eigenvalue weighted by Crippen LogP contribution is -2.34. The summed E-state index contributed by atoms with van der Waals surface area (Å²) < 4.78 is 2.16. The predicted octanol–water partition coefficient (Wildman–Crippen LogP) is 0.880. The summed E-state index contributed by atoms with van der Waals surface area (Å²) in [5, 5.41) is 0. The van der Waals surface area contributed by atoms with Crippen LogP contribution in [0.1, 0.15) is 5.82 Å². The Morgan fingerprint density at radius 1 is 1.19 bits per heavy atom. The van der Waals surface area contributed by atoms with Crippen molar-refractivity contribution >= 4 is 11.5 Å². The Kier molecular flexibility index (Phi) is 2.02. The largest absolute Gasteiger partial charge is 0.396 e. The van der Waals surface area contributed by atoms with E-state index in [1.165, 1.54) is 0 Å². The lowest BCUT2D eigenvalue weighted by Gasteiger charge is -2.29. The van der Waals surface area contributed by atoms with Crippen molar-refractivity contribution in [2.75, 3.05) is 17.2 Å². The van der Waals surface area contributed by atoms with Gasteiger partial charge in [0.25, 0.3) is 0 Å². The molecule has 0 unspecified atom stereocenters. The number of rotatable bonds is 1. The maximum Gasteiger partial charge on any atom is 0.152 e. The van der Waals surface area contributed by atoms with Gasteiger partial charge in [-0.25, -0.2) is 9.97 Å². The molecule has 0 atom stereocenters. The van der Waals surface area contributed by atoms with Gasteiger partial charge in [-0.1, -0.05) is 0 Å². The van der Waals surface area contributed by atoms with Gasteiger partial charge in [-0.15, -0.1) is 0 Å². The molecule has 0 amide bonds. The van der Waals surface area contributed by atoms with E-state index in [0.29, 0.717) is 0 Å². The van der Waals surface area contributed by atoms with Crippen molar-refractivity contribution in [1.82, 2.24) is 14.5 Å². The number of anilines is 2. The number of imidazole rings is 1. The Morgan fingerprint density at radius 2 is 2.12 bits per heavy atom. The number of nitrogens with zero attached hydrogens (tertiary/aromatic N) is 4. The summed E-state index contributed by atoms with van der Waals surface area (Å²) in [5.74, 6) is 1.92. The van der Waals surface area contributed by atoms with E-state index in [9.17, 15) is 0 Å². The van der Waals surface area contributed by atoms with Crippen LogP contribution < -0.4 is 10.6 Å². The summed E-state index contributed by atoms with van der Waals surface area (Å²) in [7, 11) is 0. The van der Waals surface area contributed by atoms with Crippen molar-refractivity contribution in [2.45, 2.75) is 13.1 Å². The Morgan fingerprint density at radius 3 is 3.00 bits per heavy atom. The molecule has 2 aromatic rings. The average Bonchev–Trinajstić information content (AvgIpc) is 2.76. The number of aromatic nitrogens is 3. The monoisotopic (exact) mass is 215 g/mol. The highest BCUT2D eigenvalue weighted by atomic mass is 15.3. The molecule has 1 aliphatic rings. The molecule has 3 rings (SSSR count). The minimum absolute atomic E-state index is 0.725. The first-order valence-corrected chi connectivity index (χ1v) is 5.30. The van der Waals surface area contributed by atoms with E-state index in [1.807, 2.05) is 24.5 Å². The molecule has 16 heavy (non-hydrogen) atoms. The molecular weight excluding hydrogens is 202 g/mol. The van der Waals surface area contributed by atoms with Crippen LogP contribution in [-0.4, -0.2) is 21.1 Å². The first-order valence-electron chi connectivity index (χ1n) is 5.30. The molecule has 0 bridgehead atoms. The van der Waals surface area contributed by atoms with Crippen LogP contribution in [0.3, 0.4) is 0 Å². The number of hydrogen-bond acceptors (Lipinski definition) is 4.